The van der Waals surface area contributed by atoms with Gasteiger partial charge in [-0.25, -0.2) is 14.6 Å². The first-order chi connectivity index (χ1) is 9.99. The highest BCUT2D eigenvalue weighted by molar-refractivity contribution is 5.57. The Morgan fingerprint density at radius 1 is 1.29 bits per heavy atom. The number of nitrogens with zero attached hydrogens (tertiary/aromatic N) is 5. The van der Waals surface area contributed by atoms with Crippen LogP contribution in [0.15, 0.2) is 31.0 Å². The van der Waals surface area contributed by atoms with Gasteiger partial charge in [-0.3, -0.25) is 0 Å². The number of fused-ring (bicyclic) bond motifs is 1. The van der Waals surface area contributed by atoms with E-state index in [1.807, 2.05) is 6.92 Å². The maximum atomic E-state index is 12.7. The number of alkyl halides is 3. The van der Waals surface area contributed by atoms with Crippen molar-refractivity contribution < 1.29 is 13.2 Å². The third-order valence-electron chi connectivity index (χ3n) is 2.84. The maximum Gasteiger partial charge on any atom is 0.419 e. The molecule has 0 saturated heterocycles. The molecule has 0 saturated carbocycles. The molecule has 0 radical (unpaired) electrons. The van der Waals surface area contributed by atoms with Gasteiger partial charge in [0.25, 0.3) is 0 Å². The maximum absolute atomic E-state index is 12.7. The van der Waals surface area contributed by atoms with Crippen LogP contribution in [0.25, 0.3) is 11.5 Å². The molecule has 9 heteroatoms. The number of rotatable bonds is 3. The standard InChI is InChI=1S/C12H11F3N6/c1-2-16-9-7-20-4-3-17-10(20)11(19-9)21-6-8(5-18-21)12(13,14)15/h3-7,16H,2H2,1H3. The number of halogens is 3. The van der Waals surface area contributed by atoms with Crippen LogP contribution in [0.3, 0.4) is 0 Å². The van der Waals surface area contributed by atoms with Crippen LogP contribution in [0.4, 0.5) is 19.0 Å². The van der Waals surface area contributed by atoms with Gasteiger partial charge < -0.3 is 9.72 Å². The SMILES string of the molecule is CCNc1cn2ccnc2c(-n2cc(C(F)(F)F)cn2)n1. The molecule has 110 valence electrons. The summed E-state index contributed by atoms with van der Waals surface area (Å²) in [5.74, 6) is 0.760. The smallest absolute Gasteiger partial charge is 0.369 e. The van der Waals surface area contributed by atoms with E-state index >= 15 is 0 Å². The monoisotopic (exact) mass is 296 g/mol. The highest BCUT2D eigenvalue weighted by atomic mass is 19.4. The van der Waals surface area contributed by atoms with Gasteiger partial charge in [0.05, 0.1) is 18.0 Å². The molecule has 0 bridgehead atoms. The fourth-order valence-electron chi connectivity index (χ4n) is 1.92. The Labute approximate surface area is 117 Å². The largest absolute Gasteiger partial charge is 0.419 e. The Morgan fingerprint density at radius 2 is 2.10 bits per heavy atom. The summed E-state index contributed by atoms with van der Waals surface area (Å²) in [5.41, 5.74) is -0.406. The van der Waals surface area contributed by atoms with Gasteiger partial charge in [-0.2, -0.15) is 18.3 Å². The summed E-state index contributed by atoms with van der Waals surface area (Å²) in [6, 6.07) is 0. The molecule has 3 rings (SSSR count). The molecule has 0 spiro atoms. The number of nitrogens with one attached hydrogen (secondary N) is 1. The molecule has 6 nitrogen and oxygen atoms in total. The van der Waals surface area contributed by atoms with E-state index in [2.05, 4.69) is 20.4 Å². The van der Waals surface area contributed by atoms with Crippen LogP contribution in [0.2, 0.25) is 0 Å². The lowest BCUT2D eigenvalue weighted by Crippen LogP contribution is -2.08. The number of aromatic nitrogens is 5. The minimum atomic E-state index is -4.44. The van der Waals surface area contributed by atoms with E-state index in [-0.39, 0.29) is 5.82 Å². The molecule has 3 aromatic heterocycles. The van der Waals surface area contributed by atoms with Gasteiger partial charge in [0, 0.05) is 25.1 Å². The minimum Gasteiger partial charge on any atom is -0.369 e. The van der Waals surface area contributed by atoms with Crippen LogP contribution >= 0.6 is 0 Å². The number of imidazole rings is 1. The van der Waals surface area contributed by atoms with Gasteiger partial charge in [-0.1, -0.05) is 0 Å². The Kier molecular flexibility index (Phi) is 3.04. The van der Waals surface area contributed by atoms with Gasteiger partial charge >= 0.3 is 6.18 Å². The second-order valence-electron chi connectivity index (χ2n) is 4.31. The second kappa shape index (κ2) is 4.76. The van der Waals surface area contributed by atoms with Gasteiger partial charge in [-0.05, 0) is 6.92 Å². The summed E-state index contributed by atoms with van der Waals surface area (Å²) in [5, 5.41) is 6.75. The first kappa shape index (κ1) is 13.4. The summed E-state index contributed by atoms with van der Waals surface area (Å²) >= 11 is 0. The molecule has 0 fully saturated rings. The van der Waals surface area contributed by atoms with E-state index in [1.54, 1.807) is 23.0 Å². The van der Waals surface area contributed by atoms with Crippen LogP contribution in [0.1, 0.15) is 12.5 Å². The number of hydrogen-bond donors (Lipinski definition) is 1. The van der Waals surface area contributed by atoms with E-state index < -0.39 is 11.7 Å². The molecule has 0 aliphatic carbocycles. The van der Waals surface area contributed by atoms with Crippen molar-refractivity contribution in [1.82, 2.24) is 24.1 Å². The van der Waals surface area contributed by atoms with E-state index in [1.165, 1.54) is 0 Å². The zero-order chi connectivity index (χ0) is 15.0. The fourth-order valence-corrected chi connectivity index (χ4v) is 1.92. The molecule has 3 heterocycles. The summed E-state index contributed by atoms with van der Waals surface area (Å²) in [7, 11) is 0. The number of anilines is 1. The predicted octanol–water partition coefficient (Wildman–Crippen LogP) is 2.37. The van der Waals surface area contributed by atoms with Gasteiger partial charge in [-0.15, -0.1) is 0 Å². The van der Waals surface area contributed by atoms with Crippen LogP contribution in [0.5, 0.6) is 0 Å². The average molecular weight is 296 g/mol. The van der Waals surface area contributed by atoms with Crippen LogP contribution < -0.4 is 5.32 Å². The highest BCUT2D eigenvalue weighted by Gasteiger charge is 2.32. The highest BCUT2D eigenvalue weighted by Crippen LogP contribution is 2.29. The van der Waals surface area contributed by atoms with Crippen molar-refractivity contribution in [3.8, 4) is 5.82 Å². The third kappa shape index (κ3) is 2.41. The van der Waals surface area contributed by atoms with Gasteiger partial charge in [0.2, 0.25) is 0 Å². The van der Waals surface area contributed by atoms with Crippen LogP contribution in [-0.4, -0.2) is 30.7 Å². The predicted molar refractivity (Wildman–Crippen MR) is 69.3 cm³/mol. The van der Waals surface area contributed by atoms with Gasteiger partial charge in [0.15, 0.2) is 11.5 Å². The summed E-state index contributed by atoms with van der Waals surface area (Å²) in [6.07, 6.45) is 2.17. The van der Waals surface area contributed by atoms with Gasteiger partial charge in [0.1, 0.15) is 5.82 Å². The fraction of sp³-hybridized carbons (Fsp3) is 0.250. The molecule has 0 amide bonds. The molecule has 21 heavy (non-hydrogen) atoms. The van der Waals surface area contributed by atoms with Crippen molar-refractivity contribution in [2.75, 3.05) is 11.9 Å². The minimum absolute atomic E-state index is 0.231. The molecule has 0 aliphatic heterocycles. The molecule has 0 aromatic carbocycles. The van der Waals surface area contributed by atoms with Crippen molar-refractivity contribution in [2.45, 2.75) is 13.1 Å². The first-order valence-corrected chi connectivity index (χ1v) is 6.19. The van der Waals surface area contributed by atoms with Crippen molar-refractivity contribution >= 4 is 11.5 Å². The zero-order valence-corrected chi connectivity index (χ0v) is 11.0. The lowest BCUT2D eigenvalue weighted by molar-refractivity contribution is -0.137. The topological polar surface area (TPSA) is 60.0 Å². The number of hydrogen-bond acceptors (Lipinski definition) is 4. The molecular weight excluding hydrogens is 285 g/mol. The third-order valence-corrected chi connectivity index (χ3v) is 2.84. The Balaban J connectivity index is 2.14. The summed E-state index contributed by atoms with van der Waals surface area (Å²) < 4.78 is 40.7. The lowest BCUT2D eigenvalue weighted by Gasteiger charge is -2.08. The Bertz CT molecular complexity index is 773. The summed E-state index contributed by atoms with van der Waals surface area (Å²) in [6.45, 7) is 2.54. The first-order valence-electron chi connectivity index (χ1n) is 6.19. The van der Waals surface area contributed by atoms with E-state index in [4.69, 9.17) is 0 Å². The van der Waals surface area contributed by atoms with Crippen LogP contribution in [-0.2, 0) is 6.18 Å². The van der Waals surface area contributed by atoms with E-state index in [9.17, 15) is 13.2 Å². The lowest BCUT2D eigenvalue weighted by atomic mass is 10.4. The van der Waals surface area contributed by atoms with E-state index in [0.717, 1.165) is 17.1 Å². The molecule has 0 atom stereocenters. The summed E-state index contributed by atoms with van der Waals surface area (Å²) in [4.78, 5) is 8.37. The molecule has 0 aliphatic rings. The molecular formula is C12H11F3N6. The Morgan fingerprint density at radius 3 is 2.76 bits per heavy atom. The zero-order valence-electron chi connectivity index (χ0n) is 11.0. The molecule has 3 aromatic rings. The molecule has 1 N–H and O–H groups in total. The van der Waals surface area contributed by atoms with Crippen molar-refractivity contribution in [1.29, 1.82) is 0 Å². The molecule has 0 unspecified atom stereocenters. The van der Waals surface area contributed by atoms with Crippen molar-refractivity contribution in [3.63, 3.8) is 0 Å². The Hall–Kier alpha value is -2.58. The second-order valence-corrected chi connectivity index (χ2v) is 4.31. The van der Waals surface area contributed by atoms with Crippen LogP contribution in [0, 0.1) is 0 Å². The normalized spacial score (nSPS) is 12.0. The quantitative estimate of drug-likeness (QED) is 0.806. The van der Waals surface area contributed by atoms with Crippen molar-refractivity contribution in [3.05, 3.63) is 36.5 Å². The van der Waals surface area contributed by atoms with Crippen molar-refractivity contribution in [2.24, 2.45) is 0 Å². The van der Waals surface area contributed by atoms with E-state index in [0.29, 0.717) is 18.0 Å². The average Bonchev–Trinajstić information content (AvgIpc) is 3.06.